The number of hydrogen-bond acceptors (Lipinski definition) is 3. The second-order valence-electron chi connectivity index (χ2n) is 3.46. The van der Waals surface area contributed by atoms with Crippen LogP contribution in [0.15, 0.2) is 18.2 Å². The Kier molecular flexibility index (Phi) is 4.52. The first-order chi connectivity index (χ1) is 8.43. The van der Waals surface area contributed by atoms with E-state index in [1.54, 1.807) is 0 Å². The van der Waals surface area contributed by atoms with Crippen LogP contribution in [-0.4, -0.2) is 23.1 Å². The predicted molar refractivity (Wildman–Crippen MR) is 65.4 cm³/mol. The van der Waals surface area contributed by atoms with Crippen LogP contribution in [0.5, 0.6) is 0 Å². The molecule has 0 saturated heterocycles. The van der Waals surface area contributed by atoms with Gasteiger partial charge in [-0.05, 0) is 25.1 Å². The van der Waals surface area contributed by atoms with E-state index in [4.69, 9.17) is 22.0 Å². The molecule has 0 radical (unpaired) electrons. The summed E-state index contributed by atoms with van der Waals surface area (Å²) in [6, 6.07) is 4.54. The zero-order chi connectivity index (χ0) is 13.7. The fourth-order valence-electron chi connectivity index (χ4n) is 1.11. The molecule has 0 heterocycles. The average molecular weight is 268 g/mol. The van der Waals surface area contributed by atoms with Gasteiger partial charge in [0.2, 0.25) is 0 Å². The first-order valence-electron chi connectivity index (χ1n) is 4.94. The van der Waals surface area contributed by atoms with Crippen LogP contribution in [0.3, 0.4) is 0 Å². The number of nitriles is 1. The second kappa shape index (κ2) is 5.89. The maximum atomic E-state index is 11.5. The Bertz CT molecular complexity index is 525. The maximum absolute atomic E-state index is 11.5. The minimum Gasteiger partial charge on any atom is -0.480 e. The zero-order valence-corrected chi connectivity index (χ0v) is 10.2. The van der Waals surface area contributed by atoms with E-state index in [0.717, 1.165) is 0 Å². The number of nitrogens with zero attached hydrogens (tertiary/aromatic N) is 1. The highest BCUT2D eigenvalue weighted by Crippen LogP contribution is 2.22. The molecule has 3 N–H and O–H groups in total. The lowest BCUT2D eigenvalue weighted by atomic mass is 10.2. The first kappa shape index (κ1) is 13.8. The summed E-state index contributed by atoms with van der Waals surface area (Å²) in [6.45, 7) is 1.33. The molecule has 0 aliphatic rings. The van der Waals surface area contributed by atoms with E-state index in [2.05, 4.69) is 10.6 Å². The molecule has 18 heavy (non-hydrogen) atoms. The van der Waals surface area contributed by atoms with Crippen LogP contribution in [0, 0.1) is 11.3 Å². The number of urea groups is 1. The first-order valence-corrected chi connectivity index (χ1v) is 5.32. The number of aliphatic carboxylic acids is 1. The third-order valence-corrected chi connectivity index (χ3v) is 2.39. The Morgan fingerprint density at radius 1 is 1.50 bits per heavy atom. The maximum Gasteiger partial charge on any atom is 0.325 e. The normalized spacial score (nSPS) is 11.2. The number of carbonyl (C=O) groups is 2. The van der Waals surface area contributed by atoms with Gasteiger partial charge in [-0.3, -0.25) is 4.79 Å². The van der Waals surface area contributed by atoms with Crippen LogP contribution in [0.4, 0.5) is 10.5 Å². The highest BCUT2D eigenvalue weighted by atomic mass is 35.5. The van der Waals surface area contributed by atoms with Crippen molar-refractivity contribution in [1.82, 2.24) is 5.32 Å². The molecule has 0 saturated carbocycles. The summed E-state index contributed by atoms with van der Waals surface area (Å²) in [6.07, 6.45) is 0. The van der Waals surface area contributed by atoms with Gasteiger partial charge in [0, 0.05) is 0 Å². The molecule has 0 spiro atoms. The van der Waals surface area contributed by atoms with Gasteiger partial charge in [-0.1, -0.05) is 11.6 Å². The van der Waals surface area contributed by atoms with E-state index in [1.807, 2.05) is 6.07 Å². The van der Waals surface area contributed by atoms with E-state index >= 15 is 0 Å². The lowest BCUT2D eigenvalue weighted by molar-refractivity contribution is -0.138. The molecule has 2 amide bonds. The van der Waals surface area contributed by atoms with Crippen molar-refractivity contribution < 1.29 is 14.7 Å². The Morgan fingerprint density at radius 2 is 2.17 bits per heavy atom. The van der Waals surface area contributed by atoms with E-state index in [9.17, 15) is 9.59 Å². The molecule has 94 valence electrons. The summed E-state index contributed by atoms with van der Waals surface area (Å²) in [4.78, 5) is 22.0. The molecule has 1 aromatic rings. The van der Waals surface area contributed by atoms with Gasteiger partial charge >= 0.3 is 12.0 Å². The van der Waals surface area contributed by atoms with Gasteiger partial charge in [-0.2, -0.15) is 5.26 Å². The number of anilines is 1. The van der Waals surface area contributed by atoms with Gasteiger partial charge in [0.25, 0.3) is 0 Å². The predicted octanol–water partition coefficient (Wildman–Crippen LogP) is 1.81. The number of halogens is 1. The number of nitrogens with one attached hydrogen (secondary N) is 2. The van der Waals surface area contributed by atoms with E-state index in [0.29, 0.717) is 5.56 Å². The largest absolute Gasteiger partial charge is 0.480 e. The molecule has 1 atom stereocenters. The van der Waals surface area contributed by atoms with Crippen molar-refractivity contribution in [3.8, 4) is 6.07 Å². The van der Waals surface area contributed by atoms with E-state index in [1.165, 1.54) is 25.1 Å². The number of carboxylic acids is 1. The monoisotopic (exact) mass is 267 g/mol. The van der Waals surface area contributed by atoms with Crippen LogP contribution in [-0.2, 0) is 4.79 Å². The van der Waals surface area contributed by atoms with E-state index in [-0.39, 0.29) is 10.7 Å². The minimum absolute atomic E-state index is 0.241. The summed E-state index contributed by atoms with van der Waals surface area (Å²) in [5.41, 5.74) is 0.576. The molecule has 7 heteroatoms. The van der Waals surface area contributed by atoms with Crippen molar-refractivity contribution in [2.75, 3.05) is 5.32 Å². The topological polar surface area (TPSA) is 102 Å². The van der Waals surface area contributed by atoms with Gasteiger partial charge in [0.1, 0.15) is 6.04 Å². The SMILES string of the molecule is C[C@@H](NC(=O)Nc1cc(C#N)ccc1Cl)C(=O)O. The molecule has 6 nitrogen and oxygen atoms in total. The molecule has 0 bridgehead atoms. The van der Waals surface area contributed by atoms with Gasteiger partial charge < -0.3 is 15.7 Å². The van der Waals surface area contributed by atoms with Gasteiger partial charge in [0.05, 0.1) is 22.3 Å². The Labute approximate surface area is 108 Å². The van der Waals surface area contributed by atoms with E-state index < -0.39 is 18.0 Å². The number of carbonyl (C=O) groups excluding carboxylic acids is 1. The minimum atomic E-state index is -1.15. The van der Waals surface area contributed by atoms with Gasteiger partial charge in [0.15, 0.2) is 0 Å². The molecular weight excluding hydrogens is 258 g/mol. The van der Waals surface area contributed by atoms with Crippen molar-refractivity contribution >= 4 is 29.3 Å². The zero-order valence-electron chi connectivity index (χ0n) is 9.40. The standard InChI is InChI=1S/C11H10ClN3O3/c1-6(10(16)17)14-11(18)15-9-4-7(5-13)2-3-8(9)12/h2-4,6H,1H3,(H,16,17)(H2,14,15,18)/t6-/m1/s1. The average Bonchev–Trinajstić information content (AvgIpc) is 2.31. The lowest BCUT2D eigenvalue weighted by Gasteiger charge is -2.11. The van der Waals surface area contributed by atoms with Crippen LogP contribution in [0.25, 0.3) is 0 Å². The smallest absolute Gasteiger partial charge is 0.325 e. The number of hydrogen-bond donors (Lipinski definition) is 3. The fraction of sp³-hybridized carbons (Fsp3) is 0.182. The molecule has 1 rings (SSSR count). The van der Waals surface area contributed by atoms with Crippen LogP contribution in [0.2, 0.25) is 5.02 Å². The summed E-state index contributed by atoms with van der Waals surface area (Å²) in [5.74, 6) is -1.15. The van der Waals surface area contributed by atoms with Gasteiger partial charge in [-0.25, -0.2) is 4.79 Å². The van der Waals surface area contributed by atoms with Gasteiger partial charge in [-0.15, -0.1) is 0 Å². The highest BCUT2D eigenvalue weighted by Gasteiger charge is 2.14. The van der Waals surface area contributed by atoms with Crippen LogP contribution < -0.4 is 10.6 Å². The molecule has 0 aliphatic heterocycles. The van der Waals surface area contributed by atoms with Crippen LogP contribution >= 0.6 is 11.6 Å². The number of carboxylic acid groups (broad SMARTS) is 1. The summed E-state index contributed by atoms with van der Waals surface area (Å²) in [7, 11) is 0. The Morgan fingerprint density at radius 3 is 2.72 bits per heavy atom. The number of rotatable bonds is 3. The highest BCUT2D eigenvalue weighted by molar-refractivity contribution is 6.33. The molecule has 0 unspecified atom stereocenters. The van der Waals surface area contributed by atoms with Crippen molar-refractivity contribution in [1.29, 1.82) is 5.26 Å². The van der Waals surface area contributed by atoms with Crippen molar-refractivity contribution in [3.05, 3.63) is 28.8 Å². The summed E-state index contributed by atoms with van der Waals surface area (Å²) < 4.78 is 0. The second-order valence-corrected chi connectivity index (χ2v) is 3.87. The molecule has 0 fully saturated rings. The third-order valence-electron chi connectivity index (χ3n) is 2.06. The summed E-state index contributed by atoms with van der Waals surface area (Å²) in [5, 5.41) is 22.2. The van der Waals surface area contributed by atoms with Crippen molar-refractivity contribution in [3.63, 3.8) is 0 Å². The Balaban J connectivity index is 2.76. The molecule has 1 aromatic carbocycles. The summed E-state index contributed by atoms with van der Waals surface area (Å²) >= 11 is 5.83. The fourth-order valence-corrected chi connectivity index (χ4v) is 1.27. The number of benzene rings is 1. The quantitative estimate of drug-likeness (QED) is 0.777. The van der Waals surface area contributed by atoms with Crippen molar-refractivity contribution in [2.24, 2.45) is 0 Å². The van der Waals surface area contributed by atoms with Crippen molar-refractivity contribution in [2.45, 2.75) is 13.0 Å². The number of amides is 2. The molecule has 0 aromatic heterocycles. The van der Waals surface area contributed by atoms with Crippen LogP contribution in [0.1, 0.15) is 12.5 Å². The lowest BCUT2D eigenvalue weighted by Crippen LogP contribution is -2.40. The third kappa shape index (κ3) is 3.64. The Hall–Kier alpha value is -2.26. The molecular formula is C11H10ClN3O3. The molecule has 0 aliphatic carbocycles.